The van der Waals surface area contributed by atoms with Gasteiger partial charge in [-0.3, -0.25) is 19.3 Å². The number of nitrogens with zero attached hydrogens (tertiary/aromatic N) is 6. The van der Waals surface area contributed by atoms with Crippen LogP contribution in [-0.4, -0.2) is 45.7 Å². The zero-order valence-electron chi connectivity index (χ0n) is 22.1. The highest BCUT2D eigenvalue weighted by molar-refractivity contribution is 6.32. The number of aromatic nitrogens is 3. The fourth-order valence-electron chi connectivity index (χ4n) is 4.86. The number of anilines is 1. The van der Waals surface area contributed by atoms with Gasteiger partial charge in [0.1, 0.15) is 19.4 Å². The number of benzodiazepines with no additional fused rings is 1. The third-order valence-corrected chi connectivity index (χ3v) is 7.36. The summed E-state index contributed by atoms with van der Waals surface area (Å²) in [7, 11) is 1.76. The molecule has 0 fully saturated rings. The van der Waals surface area contributed by atoms with Crippen molar-refractivity contribution in [2.45, 2.75) is 6.54 Å². The van der Waals surface area contributed by atoms with E-state index in [0.29, 0.717) is 16.6 Å². The zero-order valence-corrected chi connectivity index (χ0v) is 23.6. The summed E-state index contributed by atoms with van der Waals surface area (Å²) in [5.41, 5.74) is 7.50. The van der Waals surface area contributed by atoms with Gasteiger partial charge < -0.3 is 4.90 Å². The van der Waals surface area contributed by atoms with Gasteiger partial charge in [0.05, 0.1) is 22.8 Å². The number of halogens is 2. The van der Waals surface area contributed by atoms with Crippen molar-refractivity contribution in [3.8, 4) is 5.69 Å². The van der Waals surface area contributed by atoms with Crippen LogP contribution in [-0.2, 0) is 11.3 Å². The van der Waals surface area contributed by atoms with Crippen LogP contribution in [0.1, 0.15) is 28.1 Å². The number of rotatable bonds is 2. The molecule has 2 aliphatic rings. The van der Waals surface area contributed by atoms with Crippen LogP contribution in [0.15, 0.2) is 113 Å². The summed E-state index contributed by atoms with van der Waals surface area (Å²) in [6.07, 6.45) is 1.71. The summed E-state index contributed by atoms with van der Waals surface area (Å²) in [6.45, 7) is 0.642. The van der Waals surface area contributed by atoms with Crippen LogP contribution in [0.25, 0.3) is 5.69 Å². The molecule has 0 bridgehead atoms. The summed E-state index contributed by atoms with van der Waals surface area (Å²) in [5.74, 6) is 0.795. The predicted molar refractivity (Wildman–Crippen MR) is 164 cm³/mol. The van der Waals surface area contributed by atoms with Crippen molar-refractivity contribution in [2.75, 3.05) is 18.5 Å². The second-order valence-electron chi connectivity index (χ2n) is 9.45. The molecule has 7 rings (SSSR count). The minimum atomic E-state index is -0.0282. The fourth-order valence-corrected chi connectivity index (χ4v) is 5.20. The number of likely N-dealkylation sites (N-methyl/N-ethyl adjacent to an activating group) is 1. The van der Waals surface area contributed by atoms with Gasteiger partial charge in [-0.25, -0.2) is 0 Å². The largest absolute Gasteiger partial charge is 0.313 e. The molecule has 0 unspecified atom stereocenters. The van der Waals surface area contributed by atoms with Crippen LogP contribution < -0.4 is 4.90 Å². The number of hydrogen-bond donors (Lipinski definition) is 0. The van der Waals surface area contributed by atoms with Crippen molar-refractivity contribution in [3.63, 3.8) is 0 Å². The van der Waals surface area contributed by atoms with Crippen molar-refractivity contribution in [1.82, 2.24) is 14.8 Å². The molecule has 0 saturated carbocycles. The van der Waals surface area contributed by atoms with Crippen molar-refractivity contribution in [1.29, 1.82) is 0 Å². The van der Waals surface area contributed by atoms with Crippen molar-refractivity contribution >= 4 is 46.2 Å². The Morgan fingerprint density at radius 2 is 1.22 bits per heavy atom. The second-order valence-corrected chi connectivity index (χ2v) is 10.3. The first-order valence-corrected chi connectivity index (χ1v) is 13.7. The third-order valence-electron chi connectivity index (χ3n) is 6.89. The highest BCUT2D eigenvalue weighted by atomic mass is 35.5. The topological polar surface area (TPSA) is 75.7 Å². The smallest absolute Gasteiger partial charge is 0.248 e. The minimum absolute atomic E-state index is 0.0282. The van der Waals surface area contributed by atoms with Crippen LogP contribution in [0.4, 0.5) is 5.69 Å². The summed E-state index contributed by atoms with van der Waals surface area (Å²) in [5, 5.41) is 9.44. The Hall–Kier alpha value is -4.59. The number of aliphatic imine (C=N–C) groups is 2. The van der Waals surface area contributed by atoms with Crippen LogP contribution in [0, 0.1) is 0 Å². The molecule has 0 spiro atoms. The lowest BCUT2D eigenvalue weighted by Gasteiger charge is -2.18. The molecule has 1 aromatic heterocycles. The van der Waals surface area contributed by atoms with Crippen molar-refractivity contribution in [2.24, 2.45) is 9.98 Å². The number of fused-ring (bicyclic) bond motifs is 4. The lowest BCUT2D eigenvalue weighted by molar-refractivity contribution is -0.116. The van der Waals surface area contributed by atoms with Gasteiger partial charge in [-0.1, -0.05) is 83.9 Å². The summed E-state index contributed by atoms with van der Waals surface area (Å²) in [4.78, 5) is 22.9. The standard InChI is InChI=1S/C16H11ClN4.C16H13ClN2O/c17-12-6-7-14-13(8-12)16(11-4-2-1-3-5-11)18-9-15-20-19-10-21(14)15;1-19-14-8-7-12(17)9-13(14)16(18-10-15(19)20)11-5-3-2-4-6-11/h1-8,10H,9H2;2-9H,10H2,1H3. The molecular formula is C32H24Cl2N6O. The fraction of sp³-hybridized carbons (Fsp3) is 0.0938. The maximum absolute atomic E-state index is 12.0. The van der Waals surface area contributed by atoms with Crippen LogP contribution in [0.5, 0.6) is 0 Å². The first-order chi connectivity index (χ1) is 20.0. The quantitative estimate of drug-likeness (QED) is 0.242. The molecule has 0 saturated heterocycles. The van der Waals surface area contributed by atoms with E-state index < -0.39 is 0 Å². The van der Waals surface area contributed by atoms with Gasteiger partial charge in [0.2, 0.25) is 5.91 Å². The van der Waals surface area contributed by atoms with E-state index in [2.05, 4.69) is 27.3 Å². The molecule has 202 valence electrons. The SMILES string of the molecule is CN1C(=O)CN=C(c2ccccc2)c2cc(Cl)ccc21.Clc1ccc2c(c1)C(c1ccccc1)=NCc1nncn1-2. The Kier molecular flexibility index (Phi) is 7.46. The highest BCUT2D eigenvalue weighted by Crippen LogP contribution is 2.29. The molecule has 4 aromatic carbocycles. The maximum atomic E-state index is 12.0. The van der Waals surface area contributed by atoms with E-state index in [-0.39, 0.29) is 12.5 Å². The van der Waals surface area contributed by atoms with Crippen LogP contribution in [0.2, 0.25) is 10.0 Å². The van der Waals surface area contributed by atoms with Gasteiger partial charge >= 0.3 is 0 Å². The Labute approximate surface area is 247 Å². The number of amides is 1. The number of benzene rings is 4. The van der Waals surface area contributed by atoms with Crippen LogP contribution in [0.3, 0.4) is 0 Å². The van der Waals surface area contributed by atoms with Crippen molar-refractivity contribution < 1.29 is 4.79 Å². The molecule has 2 aliphatic heterocycles. The van der Waals surface area contributed by atoms with E-state index in [1.54, 1.807) is 24.3 Å². The summed E-state index contributed by atoms with van der Waals surface area (Å²) >= 11 is 12.3. The minimum Gasteiger partial charge on any atom is -0.313 e. The molecule has 0 radical (unpaired) electrons. The van der Waals surface area contributed by atoms with E-state index in [1.807, 2.05) is 83.4 Å². The summed E-state index contributed by atoms with van der Waals surface area (Å²) < 4.78 is 1.96. The molecule has 5 aromatic rings. The Balaban J connectivity index is 0.000000148. The normalized spacial score (nSPS) is 13.8. The monoisotopic (exact) mass is 578 g/mol. The molecule has 9 heteroatoms. The van der Waals surface area contributed by atoms with Gasteiger partial charge in [-0.15, -0.1) is 10.2 Å². The number of carbonyl (C=O) groups excluding carboxylic acids is 1. The molecule has 0 N–H and O–H groups in total. The zero-order chi connectivity index (χ0) is 28.3. The molecule has 0 aliphatic carbocycles. The average molecular weight is 579 g/mol. The Morgan fingerprint density at radius 3 is 1.83 bits per heavy atom. The predicted octanol–water partition coefficient (Wildman–Crippen LogP) is 6.43. The molecule has 3 heterocycles. The van der Waals surface area contributed by atoms with Gasteiger partial charge in [0, 0.05) is 39.3 Å². The first kappa shape index (κ1) is 26.6. The van der Waals surface area contributed by atoms with Crippen LogP contribution >= 0.6 is 23.2 Å². The van der Waals surface area contributed by atoms with Gasteiger partial charge in [-0.05, 0) is 36.4 Å². The lowest BCUT2D eigenvalue weighted by Crippen LogP contribution is -2.27. The van der Waals surface area contributed by atoms with E-state index in [0.717, 1.165) is 50.9 Å². The summed E-state index contributed by atoms with van der Waals surface area (Å²) in [6, 6.07) is 31.3. The van der Waals surface area contributed by atoms with Crippen molar-refractivity contribution in [3.05, 3.63) is 142 Å². The van der Waals surface area contributed by atoms with E-state index in [4.69, 9.17) is 28.2 Å². The van der Waals surface area contributed by atoms with Gasteiger partial charge in [0.25, 0.3) is 0 Å². The van der Waals surface area contributed by atoms with E-state index in [9.17, 15) is 4.79 Å². The molecule has 0 atom stereocenters. The average Bonchev–Trinajstić information content (AvgIpc) is 3.36. The molecule has 7 nitrogen and oxygen atoms in total. The lowest BCUT2D eigenvalue weighted by atomic mass is 10.0. The number of hydrogen-bond acceptors (Lipinski definition) is 5. The third kappa shape index (κ3) is 5.42. The first-order valence-electron chi connectivity index (χ1n) is 12.9. The molecule has 1 amide bonds. The Morgan fingerprint density at radius 1 is 0.683 bits per heavy atom. The molecular weight excluding hydrogens is 555 g/mol. The Bertz CT molecular complexity index is 1800. The van der Waals surface area contributed by atoms with E-state index >= 15 is 0 Å². The van der Waals surface area contributed by atoms with Gasteiger partial charge in [-0.2, -0.15) is 0 Å². The second kappa shape index (κ2) is 11.5. The highest BCUT2D eigenvalue weighted by Gasteiger charge is 2.23. The number of carbonyl (C=O) groups is 1. The molecule has 41 heavy (non-hydrogen) atoms. The van der Waals surface area contributed by atoms with E-state index in [1.165, 1.54) is 0 Å². The maximum Gasteiger partial charge on any atom is 0.248 e. The van der Waals surface area contributed by atoms with Gasteiger partial charge in [0.15, 0.2) is 5.82 Å².